The molecule has 1 aliphatic heterocycles. The van der Waals surface area contributed by atoms with Crippen molar-refractivity contribution in [2.24, 2.45) is 0 Å². The maximum absolute atomic E-state index is 12.6. The summed E-state index contributed by atoms with van der Waals surface area (Å²) in [6.45, 7) is 0.839. The van der Waals surface area contributed by atoms with Gasteiger partial charge in [0.25, 0.3) is 5.91 Å². The van der Waals surface area contributed by atoms with Crippen molar-refractivity contribution in [2.75, 3.05) is 13.2 Å². The van der Waals surface area contributed by atoms with Gasteiger partial charge in [-0.3, -0.25) is 4.79 Å². The van der Waals surface area contributed by atoms with E-state index in [1.165, 1.54) is 0 Å². The first-order valence-corrected chi connectivity index (χ1v) is 7.36. The molecular formula is C14H18ClNO2S. The second-order valence-corrected chi connectivity index (χ2v) is 5.75. The van der Waals surface area contributed by atoms with Crippen molar-refractivity contribution in [1.29, 1.82) is 0 Å². The van der Waals surface area contributed by atoms with Crippen LogP contribution in [-0.4, -0.2) is 35.1 Å². The third-order valence-corrected chi connectivity index (χ3v) is 4.14. The second kappa shape index (κ2) is 6.64. The topological polar surface area (TPSA) is 40.5 Å². The number of thiol groups is 1. The summed E-state index contributed by atoms with van der Waals surface area (Å²) in [5.41, 5.74) is 0.499. The van der Waals surface area contributed by atoms with E-state index in [1.807, 2.05) is 4.90 Å². The molecule has 104 valence electrons. The molecule has 5 heteroatoms. The predicted molar refractivity (Wildman–Crippen MR) is 79.1 cm³/mol. The number of aliphatic hydroxyl groups excluding tert-OH is 1. The molecule has 0 radical (unpaired) electrons. The SMILES string of the molecule is O=C(c1cc(S)ccc1Cl)N1CCCCC1CCO. The van der Waals surface area contributed by atoms with Crippen molar-refractivity contribution < 1.29 is 9.90 Å². The van der Waals surface area contributed by atoms with Crippen LogP contribution in [0, 0.1) is 0 Å². The highest BCUT2D eigenvalue weighted by Gasteiger charge is 2.28. The van der Waals surface area contributed by atoms with Crippen molar-refractivity contribution in [1.82, 2.24) is 4.90 Å². The van der Waals surface area contributed by atoms with E-state index in [1.54, 1.807) is 18.2 Å². The second-order valence-electron chi connectivity index (χ2n) is 4.82. The van der Waals surface area contributed by atoms with E-state index >= 15 is 0 Å². The van der Waals surface area contributed by atoms with E-state index in [2.05, 4.69) is 12.6 Å². The van der Waals surface area contributed by atoms with Crippen LogP contribution >= 0.6 is 24.2 Å². The third-order valence-electron chi connectivity index (χ3n) is 3.53. The minimum absolute atomic E-state index is 0.0564. The van der Waals surface area contributed by atoms with Gasteiger partial charge in [-0.15, -0.1) is 12.6 Å². The first kappa shape index (κ1) is 14.7. The number of carbonyl (C=O) groups excluding carboxylic acids is 1. The predicted octanol–water partition coefficient (Wildman–Crippen LogP) is 3.01. The molecule has 1 fully saturated rings. The van der Waals surface area contributed by atoms with Gasteiger partial charge in [-0.2, -0.15) is 0 Å². The molecule has 19 heavy (non-hydrogen) atoms. The average molecular weight is 300 g/mol. The number of rotatable bonds is 3. The van der Waals surface area contributed by atoms with E-state index in [9.17, 15) is 4.79 Å². The molecule has 2 rings (SSSR count). The summed E-state index contributed by atoms with van der Waals surface area (Å²) in [5.74, 6) is -0.0564. The summed E-state index contributed by atoms with van der Waals surface area (Å²) in [5, 5.41) is 9.57. The minimum Gasteiger partial charge on any atom is -0.396 e. The van der Waals surface area contributed by atoms with E-state index in [-0.39, 0.29) is 18.6 Å². The Morgan fingerprint density at radius 3 is 3.00 bits per heavy atom. The van der Waals surface area contributed by atoms with E-state index in [4.69, 9.17) is 16.7 Å². The molecule has 1 aromatic rings. The Labute approximate surface area is 124 Å². The molecule has 1 aliphatic rings. The summed E-state index contributed by atoms with van der Waals surface area (Å²) in [4.78, 5) is 15.2. The molecule has 0 aliphatic carbocycles. The fraction of sp³-hybridized carbons (Fsp3) is 0.500. The lowest BCUT2D eigenvalue weighted by atomic mass is 9.98. The Bertz CT molecular complexity index is 465. The van der Waals surface area contributed by atoms with Crippen molar-refractivity contribution >= 4 is 30.1 Å². The number of amides is 1. The zero-order valence-electron chi connectivity index (χ0n) is 10.7. The van der Waals surface area contributed by atoms with Crippen LogP contribution in [0.3, 0.4) is 0 Å². The zero-order valence-corrected chi connectivity index (χ0v) is 12.3. The van der Waals surface area contributed by atoms with Gasteiger partial charge in [-0.1, -0.05) is 11.6 Å². The number of aliphatic hydroxyl groups is 1. The fourth-order valence-corrected chi connectivity index (χ4v) is 2.95. The highest BCUT2D eigenvalue weighted by Crippen LogP contribution is 2.26. The molecule has 1 unspecified atom stereocenters. The number of piperidine rings is 1. The molecule has 1 heterocycles. The van der Waals surface area contributed by atoms with Gasteiger partial charge in [0.2, 0.25) is 0 Å². The average Bonchev–Trinajstić information content (AvgIpc) is 2.42. The van der Waals surface area contributed by atoms with Gasteiger partial charge in [0.15, 0.2) is 0 Å². The number of hydrogen-bond donors (Lipinski definition) is 2. The van der Waals surface area contributed by atoms with Gasteiger partial charge < -0.3 is 10.0 Å². The highest BCUT2D eigenvalue weighted by molar-refractivity contribution is 7.80. The monoisotopic (exact) mass is 299 g/mol. The first-order valence-electron chi connectivity index (χ1n) is 6.54. The Balaban J connectivity index is 2.23. The van der Waals surface area contributed by atoms with Crippen LogP contribution in [0.4, 0.5) is 0 Å². The Hall–Kier alpha value is -0.710. The van der Waals surface area contributed by atoms with E-state index in [0.717, 1.165) is 30.7 Å². The molecular weight excluding hydrogens is 282 g/mol. The van der Waals surface area contributed by atoms with Crippen molar-refractivity contribution in [3.8, 4) is 0 Å². The molecule has 0 saturated carbocycles. The number of carbonyl (C=O) groups is 1. The standard InChI is InChI=1S/C14H18ClNO2S/c15-13-5-4-11(19)9-12(13)14(18)16-7-2-1-3-10(16)6-8-17/h4-5,9-10,17,19H,1-3,6-8H2. The van der Waals surface area contributed by atoms with Gasteiger partial charge in [-0.05, 0) is 43.9 Å². The molecule has 0 spiro atoms. The van der Waals surface area contributed by atoms with E-state index in [0.29, 0.717) is 17.0 Å². The van der Waals surface area contributed by atoms with Crippen LogP contribution < -0.4 is 0 Å². The Kier molecular flexibility index (Phi) is 5.13. The zero-order chi connectivity index (χ0) is 13.8. The van der Waals surface area contributed by atoms with Gasteiger partial charge in [-0.25, -0.2) is 0 Å². The van der Waals surface area contributed by atoms with Crippen LogP contribution in [0.15, 0.2) is 23.1 Å². The summed E-state index contributed by atoms with van der Waals surface area (Å²) < 4.78 is 0. The Morgan fingerprint density at radius 1 is 1.47 bits per heavy atom. The van der Waals surface area contributed by atoms with Gasteiger partial charge in [0.05, 0.1) is 10.6 Å². The number of halogens is 1. The summed E-state index contributed by atoms with van der Waals surface area (Å²) in [6, 6.07) is 5.29. The summed E-state index contributed by atoms with van der Waals surface area (Å²) >= 11 is 10.4. The Morgan fingerprint density at radius 2 is 2.26 bits per heavy atom. The molecule has 0 aromatic heterocycles. The molecule has 1 saturated heterocycles. The van der Waals surface area contributed by atoms with Crippen LogP contribution in [-0.2, 0) is 0 Å². The largest absolute Gasteiger partial charge is 0.396 e. The van der Waals surface area contributed by atoms with Gasteiger partial charge >= 0.3 is 0 Å². The fourth-order valence-electron chi connectivity index (χ4n) is 2.55. The minimum atomic E-state index is -0.0564. The smallest absolute Gasteiger partial charge is 0.255 e. The number of likely N-dealkylation sites (tertiary alicyclic amines) is 1. The summed E-state index contributed by atoms with van der Waals surface area (Å²) in [7, 11) is 0. The first-order chi connectivity index (χ1) is 9.13. The molecule has 0 bridgehead atoms. The van der Waals surface area contributed by atoms with Crippen molar-refractivity contribution in [2.45, 2.75) is 36.6 Å². The highest BCUT2D eigenvalue weighted by atomic mass is 35.5. The molecule has 1 N–H and O–H groups in total. The number of benzene rings is 1. The van der Waals surface area contributed by atoms with Crippen LogP contribution in [0.1, 0.15) is 36.0 Å². The molecule has 1 aromatic carbocycles. The lowest BCUT2D eigenvalue weighted by Gasteiger charge is -2.35. The number of nitrogens with zero attached hydrogens (tertiary/aromatic N) is 1. The maximum Gasteiger partial charge on any atom is 0.255 e. The van der Waals surface area contributed by atoms with Crippen molar-refractivity contribution in [3.05, 3.63) is 28.8 Å². The normalized spacial score (nSPS) is 19.5. The van der Waals surface area contributed by atoms with Crippen LogP contribution in [0.2, 0.25) is 5.02 Å². The molecule has 3 nitrogen and oxygen atoms in total. The lowest BCUT2D eigenvalue weighted by molar-refractivity contribution is 0.0574. The van der Waals surface area contributed by atoms with Crippen LogP contribution in [0.25, 0.3) is 0 Å². The van der Waals surface area contributed by atoms with Gasteiger partial charge in [0, 0.05) is 24.1 Å². The lowest BCUT2D eigenvalue weighted by Crippen LogP contribution is -2.44. The molecule has 1 atom stereocenters. The molecule has 1 amide bonds. The third kappa shape index (κ3) is 3.44. The van der Waals surface area contributed by atoms with Crippen LogP contribution in [0.5, 0.6) is 0 Å². The summed E-state index contributed by atoms with van der Waals surface area (Å²) in [6.07, 6.45) is 3.69. The quantitative estimate of drug-likeness (QED) is 0.842. The van der Waals surface area contributed by atoms with E-state index < -0.39 is 0 Å². The van der Waals surface area contributed by atoms with Crippen molar-refractivity contribution in [3.63, 3.8) is 0 Å². The van der Waals surface area contributed by atoms with Gasteiger partial charge in [0.1, 0.15) is 0 Å². The number of hydrogen-bond acceptors (Lipinski definition) is 3. The maximum atomic E-state index is 12.6.